The molecule has 3 rings (SSSR count). The Morgan fingerprint density at radius 1 is 0.960 bits per heavy atom. The first-order valence-electron chi connectivity index (χ1n) is 7.38. The van der Waals surface area contributed by atoms with Crippen LogP contribution in [0.1, 0.15) is 11.1 Å². The number of hydrogen-bond donors (Lipinski definition) is 2. The fourth-order valence-electron chi connectivity index (χ4n) is 2.17. The monoisotopic (exact) mass is 345 g/mol. The number of para-hydroxylation sites is 1. The van der Waals surface area contributed by atoms with Crippen LogP contribution in [0.25, 0.3) is 0 Å². The van der Waals surface area contributed by atoms with Crippen LogP contribution in [0.4, 0.5) is 36.3 Å². The summed E-state index contributed by atoms with van der Waals surface area (Å²) < 4.78 is 38.3. The molecular formula is C17H14F3N5. The molecule has 0 bridgehead atoms. The lowest BCUT2D eigenvalue weighted by Gasteiger charge is -2.11. The van der Waals surface area contributed by atoms with Crippen molar-refractivity contribution in [1.82, 2.24) is 15.2 Å². The Morgan fingerprint density at radius 2 is 1.76 bits per heavy atom. The zero-order chi connectivity index (χ0) is 17.9. The molecular weight excluding hydrogens is 331 g/mol. The molecule has 0 aliphatic carbocycles. The van der Waals surface area contributed by atoms with Crippen molar-refractivity contribution in [3.8, 4) is 0 Å². The number of rotatable bonds is 4. The van der Waals surface area contributed by atoms with E-state index in [9.17, 15) is 13.2 Å². The number of hydrogen-bond acceptors (Lipinski definition) is 5. The number of anilines is 4. The van der Waals surface area contributed by atoms with Crippen LogP contribution in [0, 0.1) is 6.92 Å². The van der Waals surface area contributed by atoms with Gasteiger partial charge in [0.15, 0.2) is 5.82 Å². The molecule has 0 radical (unpaired) electrons. The highest BCUT2D eigenvalue weighted by atomic mass is 19.4. The first kappa shape index (κ1) is 16.7. The van der Waals surface area contributed by atoms with Gasteiger partial charge in [0.25, 0.3) is 0 Å². The maximum absolute atomic E-state index is 12.8. The third kappa shape index (κ3) is 4.23. The molecule has 25 heavy (non-hydrogen) atoms. The van der Waals surface area contributed by atoms with Gasteiger partial charge in [-0.3, -0.25) is 0 Å². The molecule has 0 unspecified atom stereocenters. The lowest BCUT2D eigenvalue weighted by molar-refractivity contribution is -0.137. The Labute approximate surface area is 141 Å². The topological polar surface area (TPSA) is 62.7 Å². The van der Waals surface area contributed by atoms with Crippen molar-refractivity contribution in [2.24, 2.45) is 0 Å². The van der Waals surface area contributed by atoms with Crippen molar-refractivity contribution in [3.05, 3.63) is 65.9 Å². The number of halogens is 3. The second-order valence-corrected chi connectivity index (χ2v) is 5.31. The summed E-state index contributed by atoms with van der Waals surface area (Å²) in [4.78, 5) is 4.22. The van der Waals surface area contributed by atoms with Crippen LogP contribution in [0.15, 0.2) is 54.7 Å². The predicted molar refractivity (Wildman–Crippen MR) is 89.0 cm³/mol. The van der Waals surface area contributed by atoms with Crippen molar-refractivity contribution in [1.29, 1.82) is 0 Å². The van der Waals surface area contributed by atoms with E-state index in [0.717, 1.165) is 23.4 Å². The first-order valence-corrected chi connectivity index (χ1v) is 7.38. The number of nitrogens with one attached hydrogen (secondary N) is 2. The number of benzene rings is 2. The van der Waals surface area contributed by atoms with E-state index in [0.29, 0.717) is 0 Å². The van der Waals surface area contributed by atoms with E-state index in [1.54, 1.807) is 0 Å². The van der Waals surface area contributed by atoms with Gasteiger partial charge in [-0.05, 0) is 36.8 Å². The molecule has 3 aromatic rings. The number of aryl methyl sites for hydroxylation is 1. The maximum Gasteiger partial charge on any atom is 0.416 e. The molecule has 0 saturated heterocycles. The Hall–Kier alpha value is -3.16. The fourth-order valence-corrected chi connectivity index (χ4v) is 2.17. The summed E-state index contributed by atoms with van der Waals surface area (Å²) in [5.74, 6) is 0.525. The summed E-state index contributed by atoms with van der Waals surface area (Å²) in [6.07, 6.45) is -3.07. The van der Waals surface area contributed by atoms with Gasteiger partial charge in [-0.1, -0.05) is 24.3 Å². The van der Waals surface area contributed by atoms with Gasteiger partial charge in [0.2, 0.25) is 5.95 Å². The summed E-state index contributed by atoms with van der Waals surface area (Å²) in [7, 11) is 0. The van der Waals surface area contributed by atoms with Crippen LogP contribution in [0.5, 0.6) is 0 Å². The van der Waals surface area contributed by atoms with Gasteiger partial charge in [-0.25, -0.2) is 0 Å². The quantitative estimate of drug-likeness (QED) is 0.718. The van der Waals surface area contributed by atoms with Crippen molar-refractivity contribution < 1.29 is 13.2 Å². The summed E-state index contributed by atoms with van der Waals surface area (Å²) >= 11 is 0. The van der Waals surface area contributed by atoms with E-state index in [-0.39, 0.29) is 17.5 Å². The first-order chi connectivity index (χ1) is 11.9. The Kier molecular flexibility index (Phi) is 4.51. The lowest BCUT2D eigenvalue weighted by Crippen LogP contribution is -2.06. The van der Waals surface area contributed by atoms with Gasteiger partial charge in [-0.15, -0.1) is 5.10 Å². The summed E-state index contributed by atoms with van der Waals surface area (Å²) in [5.41, 5.74) is 1.35. The van der Waals surface area contributed by atoms with Gasteiger partial charge in [0.05, 0.1) is 11.8 Å². The maximum atomic E-state index is 12.8. The van der Waals surface area contributed by atoms with Crippen LogP contribution in [-0.4, -0.2) is 15.2 Å². The Bertz CT molecular complexity index is 880. The number of aromatic nitrogens is 3. The van der Waals surface area contributed by atoms with Crippen molar-refractivity contribution in [2.45, 2.75) is 13.1 Å². The Morgan fingerprint density at radius 3 is 2.52 bits per heavy atom. The van der Waals surface area contributed by atoms with Crippen molar-refractivity contribution >= 4 is 23.1 Å². The third-order valence-corrected chi connectivity index (χ3v) is 3.41. The van der Waals surface area contributed by atoms with E-state index >= 15 is 0 Å². The highest BCUT2D eigenvalue weighted by molar-refractivity contribution is 5.61. The van der Waals surface area contributed by atoms with Crippen molar-refractivity contribution in [2.75, 3.05) is 10.6 Å². The zero-order valence-corrected chi connectivity index (χ0v) is 13.2. The predicted octanol–water partition coefficient (Wildman–Crippen LogP) is 4.69. The normalized spacial score (nSPS) is 11.2. The molecule has 1 heterocycles. The van der Waals surface area contributed by atoms with E-state index in [1.165, 1.54) is 18.3 Å². The highest BCUT2D eigenvalue weighted by Crippen LogP contribution is 2.31. The van der Waals surface area contributed by atoms with E-state index in [4.69, 9.17) is 0 Å². The minimum atomic E-state index is -4.40. The molecule has 8 heteroatoms. The number of alkyl halides is 3. The van der Waals surface area contributed by atoms with E-state index in [1.807, 2.05) is 31.2 Å². The third-order valence-electron chi connectivity index (χ3n) is 3.41. The minimum Gasteiger partial charge on any atom is -0.339 e. The molecule has 0 aliphatic heterocycles. The second kappa shape index (κ2) is 6.76. The van der Waals surface area contributed by atoms with E-state index in [2.05, 4.69) is 25.8 Å². The molecule has 2 aromatic carbocycles. The smallest absolute Gasteiger partial charge is 0.339 e. The van der Waals surface area contributed by atoms with Crippen LogP contribution < -0.4 is 10.6 Å². The summed E-state index contributed by atoms with van der Waals surface area (Å²) in [5, 5.41) is 13.5. The molecule has 0 amide bonds. The van der Waals surface area contributed by atoms with E-state index < -0.39 is 11.7 Å². The van der Waals surface area contributed by atoms with Gasteiger partial charge in [-0.2, -0.15) is 23.3 Å². The average Bonchev–Trinajstić information content (AvgIpc) is 2.57. The molecule has 0 spiro atoms. The molecule has 5 nitrogen and oxygen atoms in total. The largest absolute Gasteiger partial charge is 0.416 e. The van der Waals surface area contributed by atoms with Crippen LogP contribution in [0.3, 0.4) is 0 Å². The van der Waals surface area contributed by atoms with Crippen LogP contribution >= 0.6 is 0 Å². The van der Waals surface area contributed by atoms with Gasteiger partial charge in [0, 0.05) is 11.4 Å². The zero-order valence-electron chi connectivity index (χ0n) is 13.2. The van der Waals surface area contributed by atoms with Crippen molar-refractivity contribution in [3.63, 3.8) is 0 Å². The fraction of sp³-hybridized carbons (Fsp3) is 0.118. The lowest BCUT2D eigenvalue weighted by atomic mass is 10.2. The minimum absolute atomic E-state index is 0.242. The Balaban J connectivity index is 1.80. The molecule has 128 valence electrons. The molecule has 0 aliphatic rings. The SMILES string of the molecule is Cc1ccccc1Nc1nncc(Nc2cccc(C(F)(F)F)c2)n1. The van der Waals surface area contributed by atoms with Crippen LogP contribution in [0.2, 0.25) is 0 Å². The second-order valence-electron chi connectivity index (χ2n) is 5.31. The molecule has 0 fully saturated rings. The molecule has 2 N–H and O–H groups in total. The van der Waals surface area contributed by atoms with Gasteiger partial charge < -0.3 is 10.6 Å². The highest BCUT2D eigenvalue weighted by Gasteiger charge is 2.30. The van der Waals surface area contributed by atoms with Gasteiger partial charge in [0.1, 0.15) is 0 Å². The average molecular weight is 345 g/mol. The number of nitrogens with zero attached hydrogens (tertiary/aromatic N) is 3. The van der Waals surface area contributed by atoms with Gasteiger partial charge >= 0.3 is 6.18 Å². The molecule has 0 saturated carbocycles. The summed E-state index contributed by atoms with van der Waals surface area (Å²) in [6.45, 7) is 1.93. The molecule has 1 aromatic heterocycles. The van der Waals surface area contributed by atoms with Crippen LogP contribution in [-0.2, 0) is 6.18 Å². The standard InChI is InChI=1S/C17H14F3N5/c1-11-5-2-3-8-14(11)23-16-24-15(10-21-25-16)22-13-7-4-6-12(9-13)17(18,19)20/h2-10H,1H3,(H2,22,23,24,25). The summed E-state index contributed by atoms with van der Waals surface area (Å²) in [6, 6.07) is 12.4. The molecule has 0 atom stereocenters.